The van der Waals surface area contributed by atoms with Crippen LogP contribution in [-0.4, -0.2) is 38.0 Å². The molecular weight excluding hydrogens is 286 g/mol. The normalized spacial score (nSPS) is 35.6. The average Bonchev–Trinajstić information content (AvgIpc) is 3.18. The molecule has 3 aliphatic rings. The summed E-state index contributed by atoms with van der Waals surface area (Å²) in [5.41, 5.74) is 0.906. The van der Waals surface area contributed by atoms with Crippen molar-refractivity contribution in [3.63, 3.8) is 0 Å². The Morgan fingerprint density at radius 2 is 1.67 bits per heavy atom. The molecule has 0 N–H and O–H groups in total. The predicted molar refractivity (Wildman–Crippen MR) is 80.8 cm³/mol. The summed E-state index contributed by atoms with van der Waals surface area (Å²) in [4.78, 5) is 0. The summed E-state index contributed by atoms with van der Waals surface area (Å²) in [5, 5.41) is 1.34. The van der Waals surface area contributed by atoms with Crippen LogP contribution in [0.5, 0.6) is 0 Å². The fourth-order valence-electron chi connectivity index (χ4n) is 3.94. The molecule has 3 heterocycles. The van der Waals surface area contributed by atoms with Gasteiger partial charge in [0, 0.05) is 30.3 Å². The lowest BCUT2D eigenvalue weighted by Gasteiger charge is -2.18. The number of hydrogen-bond acceptors (Lipinski definition) is 3. The van der Waals surface area contributed by atoms with Crippen molar-refractivity contribution in [2.45, 2.75) is 25.0 Å². The minimum atomic E-state index is -3.32. The monoisotopic (exact) mass is 305 g/mol. The van der Waals surface area contributed by atoms with Gasteiger partial charge in [0.1, 0.15) is 0 Å². The summed E-state index contributed by atoms with van der Waals surface area (Å²) >= 11 is 0. The third-order valence-electron chi connectivity index (χ3n) is 5.01. The van der Waals surface area contributed by atoms with E-state index in [1.807, 2.05) is 30.3 Å². The third-order valence-corrected chi connectivity index (χ3v) is 6.51. The Kier molecular flexibility index (Phi) is 3.17. The van der Waals surface area contributed by atoms with Crippen molar-refractivity contribution >= 4 is 16.1 Å². The topological polar surface area (TPSA) is 46.6 Å². The van der Waals surface area contributed by atoms with Crippen LogP contribution in [0.3, 0.4) is 0 Å². The number of fused-ring (bicyclic) bond motifs is 5. The first kappa shape index (κ1) is 13.5. The van der Waals surface area contributed by atoms with E-state index in [9.17, 15) is 8.42 Å². The van der Waals surface area contributed by atoms with E-state index in [1.54, 1.807) is 10.4 Å². The van der Waals surface area contributed by atoms with Crippen LogP contribution in [0.25, 0.3) is 6.08 Å². The summed E-state index contributed by atoms with van der Waals surface area (Å²) in [6.45, 7) is 1.24. The molecule has 4 rings (SSSR count). The minimum Gasteiger partial charge on any atom is -0.374 e. The number of benzene rings is 1. The first-order chi connectivity index (χ1) is 10.1. The van der Waals surface area contributed by atoms with Gasteiger partial charge in [-0.05, 0) is 24.5 Å². The van der Waals surface area contributed by atoms with E-state index in [0.717, 1.165) is 18.4 Å². The summed E-state index contributed by atoms with van der Waals surface area (Å²) < 4.78 is 32.5. The second-order valence-corrected chi connectivity index (χ2v) is 8.01. The van der Waals surface area contributed by atoms with Crippen molar-refractivity contribution in [1.82, 2.24) is 4.31 Å². The standard InChI is InChI=1S/C16H19NO3S/c18-21(19,9-8-12-4-2-1-3-5-12)17-10-13-14(11-17)16-7-6-15(13)20-16/h1-5,8-9,13-16H,6-7,10-11H2/b9-8+/t13-,14-,15-,16-/m1/s1. The maximum atomic E-state index is 12.5. The largest absolute Gasteiger partial charge is 0.374 e. The molecule has 0 radical (unpaired) electrons. The number of sulfonamides is 1. The molecule has 5 heteroatoms. The van der Waals surface area contributed by atoms with Gasteiger partial charge in [-0.15, -0.1) is 0 Å². The van der Waals surface area contributed by atoms with Crippen LogP contribution in [0.2, 0.25) is 0 Å². The maximum Gasteiger partial charge on any atom is 0.236 e. The molecule has 21 heavy (non-hydrogen) atoms. The van der Waals surface area contributed by atoms with E-state index in [1.165, 1.54) is 5.41 Å². The predicted octanol–water partition coefficient (Wildman–Crippen LogP) is 2.10. The van der Waals surface area contributed by atoms with Crippen LogP contribution >= 0.6 is 0 Å². The highest BCUT2D eigenvalue weighted by molar-refractivity contribution is 7.92. The van der Waals surface area contributed by atoms with Crippen molar-refractivity contribution in [3.05, 3.63) is 41.3 Å². The number of ether oxygens (including phenoxy) is 1. The Bertz CT molecular complexity index is 637. The zero-order valence-corrected chi connectivity index (χ0v) is 12.6. The van der Waals surface area contributed by atoms with Gasteiger partial charge in [-0.2, -0.15) is 4.31 Å². The first-order valence-corrected chi connectivity index (χ1v) is 9.02. The smallest absolute Gasteiger partial charge is 0.236 e. The van der Waals surface area contributed by atoms with Gasteiger partial charge in [0.2, 0.25) is 10.0 Å². The lowest BCUT2D eigenvalue weighted by molar-refractivity contribution is 0.0780. The van der Waals surface area contributed by atoms with Gasteiger partial charge in [-0.25, -0.2) is 8.42 Å². The van der Waals surface area contributed by atoms with Gasteiger partial charge in [-0.3, -0.25) is 0 Å². The Labute approximate surface area is 125 Å². The molecule has 0 unspecified atom stereocenters. The van der Waals surface area contributed by atoms with Crippen LogP contribution in [-0.2, 0) is 14.8 Å². The lowest BCUT2D eigenvalue weighted by atomic mass is 9.82. The van der Waals surface area contributed by atoms with Crippen LogP contribution in [0.1, 0.15) is 18.4 Å². The van der Waals surface area contributed by atoms with E-state index in [0.29, 0.717) is 37.1 Å². The SMILES string of the molecule is O=S(=O)(/C=C/c1ccccc1)N1C[C@@H]2[C@@H](C1)[C@H]1CC[C@H]2O1. The molecule has 112 valence electrons. The number of nitrogens with zero attached hydrogens (tertiary/aromatic N) is 1. The van der Waals surface area contributed by atoms with Crippen molar-refractivity contribution in [2.75, 3.05) is 13.1 Å². The van der Waals surface area contributed by atoms with Gasteiger partial charge in [0.15, 0.2) is 0 Å². The summed E-state index contributed by atoms with van der Waals surface area (Å²) in [7, 11) is -3.32. The fourth-order valence-corrected chi connectivity index (χ4v) is 5.20. The third kappa shape index (κ3) is 2.33. The zero-order valence-electron chi connectivity index (χ0n) is 11.8. The molecule has 0 saturated carbocycles. The Morgan fingerprint density at radius 1 is 1.05 bits per heavy atom. The van der Waals surface area contributed by atoms with Crippen LogP contribution in [0.4, 0.5) is 0 Å². The van der Waals surface area contributed by atoms with Crippen molar-refractivity contribution < 1.29 is 13.2 Å². The molecule has 1 aromatic carbocycles. The van der Waals surface area contributed by atoms with E-state index in [4.69, 9.17) is 4.74 Å². The Balaban J connectivity index is 1.50. The maximum absolute atomic E-state index is 12.5. The number of hydrogen-bond donors (Lipinski definition) is 0. The van der Waals surface area contributed by atoms with Gasteiger partial charge in [0.05, 0.1) is 12.2 Å². The molecule has 0 aliphatic carbocycles. The first-order valence-electron chi connectivity index (χ1n) is 7.52. The van der Waals surface area contributed by atoms with Crippen LogP contribution < -0.4 is 0 Å². The quantitative estimate of drug-likeness (QED) is 0.859. The molecule has 4 nitrogen and oxygen atoms in total. The molecule has 3 aliphatic heterocycles. The van der Waals surface area contributed by atoms with Gasteiger partial charge in [-0.1, -0.05) is 30.3 Å². The van der Waals surface area contributed by atoms with Gasteiger partial charge < -0.3 is 4.74 Å². The number of rotatable bonds is 3. The van der Waals surface area contributed by atoms with E-state index in [-0.39, 0.29) is 0 Å². The zero-order chi connectivity index (χ0) is 14.4. The van der Waals surface area contributed by atoms with Crippen LogP contribution in [0, 0.1) is 11.8 Å². The van der Waals surface area contributed by atoms with Crippen molar-refractivity contribution in [2.24, 2.45) is 11.8 Å². The fraction of sp³-hybridized carbons (Fsp3) is 0.500. The van der Waals surface area contributed by atoms with Crippen LogP contribution in [0.15, 0.2) is 35.7 Å². The molecule has 3 fully saturated rings. The Hall–Kier alpha value is -1.17. The summed E-state index contributed by atoms with van der Waals surface area (Å²) in [6, 6.07) is 9.53. The molecule has 0 aromatic heterocycles. The highest BCUT2D eigenvalue weighted by Gasteiger charge is 2.54. The molecule has 2 bridgehead atoms. The average molecular weight is 305 g/mol. The molecule has 0 amide bonds. The van der Waals surface area contributed by atoms with Crippen molar-refractivity contribution in [1.29, 1.82) is 0 Å². The Morgan fingerprint density at radius 3 is 2.29 bits per heavy atom. The second-order valence-electron chi connectivity index (χ2n) is 6.19. The highest BCUT2D eigenvalue weighted by atomic mass is 32.2. The molecular formula is C16H19NO3S. The van der Waals surface area contributed by atoms with Gasteiger partial charge in [0.25, 0.3) is 0 Å². The van der Waals surface area contributed by atoms with E-state index < -0.39 is 10.0 Å². The summed E-state index contributed by atoms with van der Waals surface area (Å²) in [5.74, 6) is 0.812. The second kappa shape index (κ2) is 4.93. The van der Waals surface area contributed by atoms with E-state index in [2.05, 4.69) is 0 Å². The highest BCUT2D eigenvalue weighted by Crippen LogP contribution is 2.47. The van der Waals surface area contributed by atoms with Gasteiger partial charge >= 0.3 is 0 Å². The minimum absolute atomic E-state index is 0.290. The molecule has 1 aromatic rings. The van der Waals surface area contributed by atoms with Crippen molar-refractivity contribution in [3.8, 4) is 0 Å². The lowest BCUT2D eigenvalue weighted by Crippen LogP contribution is -2.29. The molecule has 4 atom stereocenters. The van der Waals surface area contributed by atoms with E-state index >= 15 is 0 Å². The molecule has 3 saturated heterocycles. The molecule has 0 spiro atoms. The summed E-state index contributed by atoms with van der Waals surface area (Å²) in [6.07, 6.45) is 4.45.